The minimum absolute atomic E-state index is 0.412. The Morgan fingerprint density at radius 1 is 1.41 bits per heavy atom. The summed E-state index contributed by atoms with van der Waals surface area (Å²) in [5.41, 5.74) is 1.87. The van der Waals surface area contributed by atoms with E-state index in [4.69, 9.17) is 4.42 Å². The van der Waals surface area contributed by atoms with Crippen molar-refractivity contribution in [2.24, 2.45) is 0 Å². The van der Waals surface area contributed by atoms with Crippen LogP contribution in [0.3, 0.4) is 0 Å². The molecule has 0 saturated carbocycles. The van der Waals surface area contributed by atoms with Gasteiger partial charge in [-0.25, -0.2) is 14.8 Å². The zero-order chi connectivity index (χ0) is 15.5. The minimum Gasteiger partial charge on any atom is -0.480 e. The Kier molecular flexibility index (Phi) is 4.15. The zero-order valence-corrected chi connectivity index (χ0v) is 12.8. The molecule has 0 spiro atoms. The van der Waals surface area contributed by atoms with Crippen LogP contribution in [0.5, 0.6) is 0 Å². The maximum absolute atomic E-state index is 11.4. The topological polar surface area (TPSA) is 88.3 Å². The quantitative estimate of drug-likeness (QED) is 0.722. The minimum atomic E-state index is -0.906. The Morgan fingerprint density at radius 3 is 3.00 bits per heavy atom. The molecule has 0 bridgehead atoms. The van der Waals surface area contributed by atoms with E-state index >= 15 is 0 Å². The molecule has 1 aromatic carbocycles. The van der Waals surface area contributed by atoms with Crippen molar-refractivity contribution in [3.05, 3.63) is 30.6 Å². The van der Waals surface area contributed by atoms with Crippen LogP contribution in [0.1, 0.15) is 6.42 Å². The van der Waals surface area contributed by atoms with Crippen molar-refractivity contribution in [2.45, 2.75) is 12.5 Å². The largest absolute Gasteiger partial charge is 0.480 e. The van der Waals surface area contributed by atoms with Crippen molar-refractivity contribution in [1.29, 1.82) is 0 Å². The Morgan fingerprint density at radius 2 is 2.23 bits per heavy atom. The Balaban J connectivity index is 2.01. The summed E-state index contributed by atoms with van der Waals surface area (Å²) in [6, 6.07) is 6.84. The first-order valence-corrected chi connectivity index (χ1v) is 8.20. The van der Waals surface area contributed by atoms with Crippen molar-refractivity contribution in [3.8, 4) is 0 Å². The average Bonchev–Trinajstić information content (AvgIpc) is 2.90. The van der Waals surface area contributed by atoms with Crippen molar-refractivity contribution in [2.75, 3.05) is 17.3 Å². The Hall–Kier alpha value is -2.28. The molecule has 0 radical (unpaired) electrons. The monoisotopic (exact) mass is 317 g/mol. The highest BCUT2D eigenvalue weighted by Gasteiger charge is 2.20. The number of carbonyl (C=O) groups is 1. The molecule has 0 amide bonds. The third-order valence-electron chi connectivity index (χ3n) is 3.38. The van der Waals surface area contributed by atoms with E-state index in [1.165, 1.54) is 6.33 Å². The highest BCUT2D eigenvalue weighted by atomic mass is 32.2. The fraction of sp³-hybridized carbons (Fsp3) is 0.267. The number of carboxylic acid groups (broad SMARTS) is 1. The molecule has 0 unspecified atom stereocenters. The predicted molar refractivity (Wildman–Crippen MR) is 87.4 cm³/mol. The van der Waals surface area contributed by atoms with E-state index < -0.39 is 12.0 Å². The molecular weight excluding hydrogens is 302 g/mol. The molecule has 3 rings (SSSR count). The van der Waals surface area contributed by atoms with E-state index in [-0.39, 0.29) is 0 Å². The summed E-state index contributed by atoms with van der Waals surface area (Å²) in [5, 5.41) is 13.2. The van der Waals surface area contributed by atoms with E-state index in [0.717, 1.165) is 11.1 Å². The highest BCUT2D eigenvalue weighted by Crippen LogP contribution is 2.30. The van der Waals surface area contributed by atoms with Gasteiger partial charge in [0, 0.05) is 5.39 Å². The number of hydrogen-bond donors (Lipinski definition) is 2. The van der Waals surface area contributed by atoms with Crippen molar-refractivity contribution >= 4 is 45.6 Å². The van der Waals surface area contributed by atoms with E-state index in [9.17, 15) is 9.90 Å². The van der Waals surface area contributed by atoms with Gasteiger partial charge in [0.1, 0.15) is 23.5 Å². The fourth-order valence-electron chi connectivity index (χ4n) is 2.28. The van der Waals surface area contributed by atoms with Gasteiger partial charge in [0.2, 0.25) is 0 Å². The fourth-order valence-corrected chi connectivity index (χ4v) is 2.76. The second kappa shape index (κ2) is 6.23. The molecular formula is C15H15N3O3S. The second-order valence-corrected chi connectivity index (χ2v) is 5.80. The number of thioether (sulfide) groups is 1. The number of nitrogens with zero attached hydrogens (tertiary/aromatic N) is 2. The predicted octanol–water partition coefficient (Wildman–Crippen LogP) is 2.99. The molecule has 7 heteroatoms. The first-order chi connectivity index (χ1) is 10.7. The summed E-state index contributed by atoms with van der Waals surface area (Å²) in [6.45, 7) is 0. The van der Waals surface area contributed by atoms with E-state index in [1.54, 1.807) is 11.8 Å². The molecule has 22 heavy (non-hydrogen) atoms. The lowest BCUT2D eigenvalue weighted by atomic mass is 10.2. The summed E-state index contributed by atoms with van der Waals surface area (Å²) < 4.78 is 5.78. The van der Waals surface area contributed by atoms with Crippen molar-refractivity contribution in [3.63, 3.8) is 0 Å². The summed E-state index contributed by atoms with van der Waals surface area (Å²) in [6.07, 6.45) is 3.86. The summed E-state index contributed by atoms with van der Waals surface area (Å²) in [5.74, 6) is 0.254. The van der Waals surface area contributed by atoms with Crippen LogP contribution in [-0.2, 0) is 4.79 Å². The molecule has 6 nitrogen and oxygen atoms in total. The molecule has 0 aliphatic heterocycles. The van der Waals surface area contributed by atoms with Crippen LogP contribution in [0.2, 0.25) is 0 Å². The maximum atomic E-state index is 11.4. The Bertz CT molecular complexity index is 818. The number of fused-ring (bicyclic) bond motifs is 3. The molecule has 2 aromatic heterocycles. The number of furan rings is 1. The summed E-state index contributed by atoms with van der Waals surface area (Å²) in [4.78, 5) is 19.8. The normalized spacial score (nSPS) is 12.6. The van der Waals surface area contributed by atoms with Gasteiger partial charge < -0.3 is 14.8 Å². The molecule has 2 N–H and O–H groups in total. The zero-order valence-electron chi connectivity index (χ0n) is 11.9. The standard InChI is InChI=1S/C15H15N3O3S/c1-22-7-6-10(15(19)20)18-14-13-12(16-8-17-14)9-4-2-3-5-11(9)21-13/h2-5,8,10H,6-7H2,1H3,(H,19,20)(H,16,17,18)/t10-/m1/s1. The van der Waals surface area contributed by atoms with Crippen LogP contribution in [0.25, 0.3) is 22.1 Å². The number of nitrogens with one attached hydrogen (secondary N) is 1. The van der Waals surface area contributed by atoms with Gasteiger partial charge in [-0.05, 0) is 30.6 Å². The third kappa shape index (κ3) is 2.71. The smallest absolute Gasteiger partial charge is 0.326 e. The van der Waals surface area contributed by atoms with Gasteiger partial charge in [0.25, 0.3) is 0 Å². The van der Waals surface area contributed by atoms with Crippen LogP contribution in [0.15, 0.2) is 35.0 Å². The number of para-hydroxylation sites is 1. The van der Waals surface area contributed by atoms with Gasteiger partial charge in [-0.1, -0.05) is 12.1 Å². The molecule has 0 aliphatic rings. The number of aromatic nitrogens is 2. The van der Waals surface area contributed by atoms with Crippen LogP contribution in [0, 0.1) is 0 Å². The molecule has 2 heterocycles. The third-order valence-corrected chi connectivity index (χ3v) is 4.02. The van der Waals surface area contributed by atoms with Crippen molar-refractivity contribution in [1.82, 2.24) is 9.97 Å². The lowest BCUT2D eigenvalue weighted by Gasteiger charge is -2.14. The second-order valence-electron chi connectivity index (χ2n) is 4.81. The first-order valence-electron chi connectivity index (χ1n) is 6.81. The number of hydrogen-bond acceptors (Lipinski definition) is 6. The molecule has 0 saturated heterocycles. The van der Waals surface area contributed by atoms with Gasteiger partial charge in [0.05, 0.1) is 0 Å². The molecule has 3 aromatic rings. The van der Waals surface area contributed by atoms with Crippen LogP contribution in [-0.4, -0.2) is 39.1 Å². The average molecular weight is 317 g/mol. The van der Waals surface area contributed by atoms with Crippen LogP contribution < -0.4 is 5.32 Å². The molecule has 0 aliphatic carbocycles. The van der Waals surface area contributed by atoms with Gasteiger partial charge >= 0.3 is 5.97 Å². The number of aliphatic carboxylic acids is 1. The SMILES string of the molecule is CSCC[C@@H](Nc1ncnc2c1oc1ccccc12)C(=O)O. The summed E-state index contributed by atoms with van der Waals surface area (Å²) >= 11 is 1.61. The lowest BCUT2D eigenvalue weighted by molar-refractivity contribution is -0.137. The highest BCUT2D eigenvalue weighted by molar-refractivity contribution is 7.98. The molecule has 0 fully saturated rings. The Labute approximate surface area is 130 Å². The van der Waals surface area contributed by atoms with E-state index in [0.29, 0.717) is 28.9 Å². The number of benzene rings is 1. The molecule has 114 valence electrons. The molecule has 1 atom stereocenters. The number of carboxylic acids is 1. The van der Waals surface area contributed by atoms with Gasteiger partial charge in [-0.2, -0.15) is 11.8 Å². The van der Waals surface area contributed by atoms with E-state index in [1.807, 2.05) is 30.5 Å². The summed E-state index contributed by atoms with van der Waals surface area (Å²) in [7, 11) is 0. The lowest BCUT2D eigenvalue weighted by Crippen LogP contribution is -2.30. The van der Waals surface area contributed by atoms with Gasteiger partial charge in [-0.15, -0.1) is 0 Å². The number of rotatable bonds is 6. The van der Waals surface area contributed by atoms with Crippen LogP contribution in [0.4, 0.5) is 5.82 Å². The first kappa shape index (κ1) is 14.6. The van der Waals surface area contributed by atoms with Crippen molar-refractivity contribution < 1.29 is 14.3 Å². The van der Waals surface area contributed by atoms with Gasteiger partial charge in [-0.3, -0.25) is 0 Å². The van der Waals surface area contributed by atoms with E-state index in [2.05, 4.69) is 15.3 Å². The van der Waals surface area contributed by atoms with Crippen LogP contribution >= 0.6 is 11.8 Å². The number of anilines is 1. The van der Waals surface area contributed by atoms with Gasteiger partial charge in [0.15, 0.2) is 11.4 Å². The maximum Gasteiger partial charge on any atom is 0.326 e.